The quantitative estimate of drug-likeness (QED) is 0.112. The summed E-state index contributed by atoms with van der Waals surface area (Å²) in [6.07, 6.45) is 0. The van der Waals surface area contributed by atoms with E-state index in [1.54, 1.807) is 0 Å². The van der Waals surface area contributed by atoms with Crippen molar-refractivity contribution in [1.82, 2.24) is 34.1 Å². The predicted octanol–water partition coefficient (Wildman–Crippen LogP) is 23.1. The highest BCUT2D eigenvalue weighted by Crippen LogP contribution is 2.57. The van der Waals surface area contributed by atoms with Crippen molar-refractivity contribution in [2.75, 3.05) is 0 Å². The summed E-state index contributed by atoms with van der Waals surface area (Å²) in [5.41, 5.74) is 22.4. The second-order valence-corrected chi connectivity index (χ2v) is 34.1. The van der Waals surface area contributed by atoms with E-state index in [-0.39, 0.29) is 0 Å². The van der Waals surface area contributed by atoms with Crippen LogP contribution >= 0.6 is 14.3 Å². The van der Waals surface area contributed by atoms with Crippen LogP contribution in [0.5, 0.6) is 0 Å². The fourth-order valence-corrected chi connectivity index (χ4v) is 23.6. The minimum absolute atomic E-state index is 0.607. The summed E-state index contributed by atoms with van der Waals surface area (Å²) in [4.78, 5) is 25.1. The van der Waals surface area contributed by atoms with Crippen LogP contribution in [-0.4, -0.2) is 34.1 Å². The second kappa shape index (κ2) is 27.9. The van der Waals surface area contributed by atoms with Crippen molar-refractivity contribution in [1.29, 1.82) is 0 Å². The molecule has 2 unspecified atom stereocenters. The standard InChI is InChI=1S/C58H38N3OP.C45H29N4OP/c62-63(47-18-8-3-9-19-47)55-23-13-11-20-48(55)49-36-37-54-56(57(49)63)50-21-10-12-22-53(50)61(54)46-34-32-44(33-35-46)52-38-51(43-28-24-41(25-29-43)39-14-4-1-5-15-39)59-58(60-52)45-30-26-42(27-31-45)40-16-6-2-7-17-40;50-51(34-18-8-3-9-19-34)40-23-13-11-20-35(40)36-28-29-39-41(42(36)51)37-21-10-12-22-38(37)49(39)33-26-24-32(25-27-33)45-47-43(30-14-4-1-5-15-30)46-44(48-45)31-16-6-2-7-17-31/h1-38H;1-29H. The van der Waals surface area contributed by atoms with E-state index in [1.807, 2.05) is 164 Å². The molecule has 2 aliphatic rings. The number of hydrogen-bond acceptors (Lipinski definition) is 7. The monoisotopic (exact) mass is 1500 g/mol. The molecule has 11 heteroatoms. The zero-order valence-corrected chi connectivity index (χ0v) is 63.3. The number of hydrogen-bond donors (Lipinski definition) is 0. The van der Waals surface area contributed by atoms with Crippen molar-refractivity contribution in [3.8, 4) is 124 Å². The van der Waals surface area contributed by atoms with Crippen LogP contribution in [0.1, 0.15) is 0 Å². The smallest absolute Gasteiger partial charge is 0.172 e. The molecule has 4 aromatic heterocycles. The van der Waals surface area contributed by atoms with E-state index < -0.39 is 14.3 Å². The molecule has 114 heavy (non-hydrogen) atoms. The lowest BCUT2D eigenvalue weighted by Crippen LogP contribution is -2.21. The molecule has 0 aliphatic carbocycles. The van der Waals surface area contributed by atoms with E-state index in [0.29, 0.717) is 23.3 Å². The third-order valence-electron chi connectivity index (χ3n) is 22.3. The highest BCUT2D eigenvalue weighted by atomic mass is 31.2. The number of para-hydroxylation sites is 2. The summed E-state index contributed by atoms with van der Waals surface area (Å²) >= 11 is 0. The Hall–Kier alpha value is -14.3. The number of nitrogens with zero attached hydrogens (tertiary/aromatic N) is 7. The fraction of sp³-hybridized carbons (Fsp3) is 0. The van der Waals surface area contributed by atoms with Crippen molar-refractivity contribution < 1.29 is 9.13 Å². The van der Waals surface area contributed by atoms with E-state index in [2.05, 4.69) is 252 Å². The Bertz CT molecular complexity index is 7070. The first-order chi connectivity index (χ1) is 56.3. The molecule has 16 aromatic carbocycles. The van der Waals surface area contributed by atoms with Crippen molar-refractivity contribution in [3.63, 3.8) is 0 Å². The van der Waals surface area contributed by atoms with Crippen molar-refractivity contribution in [3.05, 3.63) is 406 Å². The average Bonchev–Trinajstić information content (AvgIpc) is 1.53. The molecule has 2 aliphatic heterocycles. The van der Waals surface area contributed by atoms with Gasteiger partial charge in [-0.2, -0.15) is 0 Å². The third kappa shape index (κ3) is 11.3. The molecule has 22 rings (SSSR count). The summed E-state index contributed by atoms with van der Waals surface area (Å²) in [6, 6.07) is 139. The number of fused-ring (bicyclic) bond motifs is 14. The summed E-state index contributed by atoms with van der Waals surface area (Å²) in [7, 11) is -6.38. The Morgan fingerprint density at radius 2 is 0.491 bits per heavy atom. The van der Waals surface area contributed by atoms with Crippen molar-refractivity contribution in [2.45, 2.75) is 0 Å². The van der Waals surface area contributed by atoms with Gasteiger partial charge in [0.15, 0.2) is 37.6 Å². The molecule has 0 radical (unpaired) electrons. The molecule has 6 heterocycles. The minimum atomic E-state index is -3.20. The Morgan fingerprint density at radius 3 is 0.886 bits per heavy atom. The van der Waals surface area contributed by atoms with Crippen molar-refractivity contribution in [2.24, 2.45) is 0 Å². The van der Waals surface area contributed by atoms with Gasteiger partial charge in [0.2, 0.25) is 0 Å². The molecule has 0 saturated heterocycles. The first-order valence-electron chi connectivity index (χ1n) is 38.2. The van der Waals surface area contributed by atoms with Crippen LogP contribution in [0.4, 0.5) is 0 Å². The largest absolute Gasteiger partial charge is 0.309 e. The zero-order valence-electron chi connectivity index (χ0n) is 61.5. The minimum Gasteiger partial charge on any atom is -0.309 e. The van der Waals surface area contributed by atoms with Gasteiger partial charge in [0.1, 0.15) is 0 Å². The maximum atomic E-state index is 15.9. The van der Waals surface area contributed by atoms with Crippen LogP contribution in [-0.2, 0) is 9.13 Å². The lowest BCUT2D eigenvalue weighted by molar-refractivity contribution is 0.592. The topological polar surface area (TPSA) is 108 Å². The molecule has 2 atom stereocenters. The summed E-state index contributed by atoms with van der Waals surface area (Å²) in [5, 5.41) is 9.60. The number of benzene rings is 16. The van der Waals surface area contributed by atoms with Gasteiger partial charge in [-0.1, -0.05) is 340 Å². The Kier molecular flexibility index (Phi) is 16.6. The molecule has 0 bridgehead atoms. The van der Waals surface area contributed by atoms with Crippen LogP contribution in [0.25, 0.3) is 168 Å². The average molecular weight is 1500 g/mol. The molecular formula is C103H67N7O2P2. The first-order valence-corrected chi connectivity index (χ1v) is 41.7. The Labute approximate surface area is 659 Å². The summed E-state index contributed by atoms with van der Waals surface area (Å²) in [5.74, 6) is 2.53. The SMILES string of the molecule is O=P1(c2ccccc2)c2ccccc2-c2ccc3c(c21)c1ccccc1n3-c1ccc(-c2cc(-c3ccc(-c4ccccc4)cc3)nc(-c3ccc(-c4ccccc4)cc3)n2)cc1.O=P1(c2ccccc2)c2ccccc2-c2ccc3c(c21)c1ccccc1n3-c1ccc(-c2nc(-c3ccccc3)nc(-c3ccccc3)n2)cc1. The van der Waals surface area contributed by atoms with Gasteiger partial charge in [-0.05, 0) is 111 Å². The summed E-state index contributed by atoms with van der Waals surface area (Å²) in [6.45, 7) is 0. The van der Waals surface area contributed by atoms with Gasteiger partial charge in [-0.15, -0.1) is 0 Å². The second-order valence-electron chi connectivity index (χ2n) is 28.8. The van der Waals surface area contributed by atoms with Gasteiger partial charge in [-0.3, -0.25) is 0 Å². The highest BCUT2D eigenvalue weighted by molar-refractivity contribution is 7.87. The molecule has 0 spiro atoms. The van der Waals surface area contributed by atoms with Crippen LogP contribution in [0.2, 0.25) is 0 Å². The third-order valence-corrected chi connectivity index (χ3v) is 28.7. The van der Waals surface area contributed by atoms with Gasteiger partial charge in [0.25, 0.3) is 0 Å². The van der Waals surface area contributed by atoms with E-state index in [1.165, 1.54) is 11.1 Å². The van der Waals surface area contributed by atoms with Gasteiger partial charge in [0, 0.05) is 98.1 Å². The highest BCUT2D eigenvalue weighted by Gasteiger charge is 2.44. The van der Waals surface area contributed by atoms with Crippen LogP contribution in [0.15, 0.2) is 406 Å². The van der Waals surface area contributed by atoms with E-state index in [9.17, 15) is 0 Å². The van der Waals surface area contributed by atoms with E-state index in [4.69, 9.17) is 24.9 Å². The zero-order chi connectivity index (χ0) is 75.9. The maximum Gasteiger partial charge on any atom is 0.172 e. The molecule has 0 saturated carbocycles. The molecule has 536 valence electrons. The Morgan fingerprint density at radius 1 is 0.211 bits per heavy atom. The fourth-order valence-electron chi connectivity index (χ4n) is 17.0. The Balaban J connectivity index is 0.000000146. The van der Waals surface area contributed by atoms with Crippen molar-refractivity contribution >= 4 is 89.7 Å². The van der Waals surface area contributed by atoms with Gasteiger partial charge in [-0.25, -0.2) is 24.9 Å². The lowest BCUT2D eigenvalue weighted by atomic mass is 10.0. The lowest BCUT2D eigenvalue weighted by Gasteiger charge is -2.17. The first kappa shape index (κ1) is 67.8. The summed E-state index contributed by atoms with van der Waals surface area (Å²) < 4.78 is 36.2. The van der Waals surface area contributed by atoms with Gasteiger partial charge < -0.3 is 18.3 Å². The molecule has 0 fully saturated rings. The number of aromatic nitrogens is 7. The molecule has 20 aromatic rings. The van der Waals surface area contributed by atoms with Crippen LogP contribution in [0, 0.1) is 0 Å². The van der Waals surface area contributed by atoms with Gasteiger partial charge >= 0.3 is 0 Å². The predicted molar refractivity (Wildman–Crippen MR) is 471 cm³/mol. The van der Waals surface area contributed by atoms with Crippen LogP contribution in [0.3, 0.4) is 0 Å². The number of rotatable bonds is 12. The molecule has 9 nitrogen and oxygen atoms in total. The van der Waals surface area contributed by atoms with Gasteiger partial charge in [0.05, 0.1) is 33.5 Å². The molecule has 0 N–H and O–H groups in total. The normalized spacial score (nSPS) is 14.5. The maximum absolute atomic E-state index is 15.9. The molecular weight excluding hydrogens is 1430 g/mol. The molecule has 0 amide bonds. The van der Waals surface area contributed by atoms with E-state index in [0.717, 1.165) is 165 Å². The van der Waals surface area contributed by atoms with Crippen LogP contribution < -0.4 is 31.8 Å². The van der Waals surface area contributed by atoms with E-state index >= 15 is 9.13 Å².